The summed E-state index contributed by atoms with van der Waals surface area (Å²) in [6.07, 6.45) is 2.43. The summed E-state index contributed by atoms with van der Waals surface area (Å²) in [6, 6.07) is 7.16. The number of hydrogen-bond acceptors (Lipinski definition) is 3. The minimum Gasteiger partial charge on any atom is -0.369 e. The molecule has 0 saturated carbocycles. The Hall–Kier alpha value is -2.63. The van der Waals surface area contributed by atoms with E-state index in [1.165, 1.54) is 12.4 Å². The maximum absolute atomic E-state index is 14.1. The number of fused-ring (bicyclic) bond motifs is 1. The molecule has 1 N–H and O–H groups in total. The summed E-state index contributed by atoms with van der Waals surface area (Å²) in [7, 11) is 0. The number of hydrogen-bond donors (Lipinski definition) is 1. The van der Waals surface area contributed by atoms with Gasteiger partial charge >= 0.3 is 0 Å². The summed E-state index contributed by atoms with van der Waals surface area (Å²) < 4.78 is 40.8. The summed E-state index contributed by atoms with van der Waals surface area (Å²) in [5, 5.41) is 3.96. The molecule has 3 rings (SSSR count). The first-order chi connectivity index (χ1) is 12.0. The van der Waals surface area contributed by atoms with Crippen LogP contribution in [0.25, 0.3) is 22.0 Å². The van der Waals surface area contributed by atoms with Crippen molar-refractivity contribution in [3.05, 3.63) is 54.1 Å². The molecule has 1 aromatic heterocycles. The molecule has 0 aliphatic carbocycles. The molecule has 0 aliphatic heterocycles. The van der Waals surface area contributed by atoms with Crippen molar-refractivity contribution in [1.29, 1.82) is 0 Å². The van der Waals surface area contributed by atoms with Crippen molar-refractivity contribution in [3.63, 3.8) is 0 Å². The molecule has 1 heterocycles. The minimum absolute atomic E-state index is 0.00205. The van der Waals surface area contributed by atoms with Gasteiger partial charge in [0, 0.05) is 17.5 Å². The number of anilines is 1. The second-order valence-electron chi connectivity index (χ2n) is 6.29. The van der Waals surface area contributed by atoms with Crippen molar-refractivity contribution >= 4 is 16.7 Å². The Balaban J connectivity index is 2.03. The van der Waals surface area contributed by atoms with Gasteiger partial charge in [-0.25, -0.2) is 23.1 Å². The quantitative estimate of drug-likeness (QED) is 0.648. The van der Waals surface area contributed by atoms with Crippen LogP contribution >= 0.6 is 0 Å². The van der Waals surface area contributed by atoms with Crippen molar-refractivity contribution in [1.82, 2.24) is 9.97 Å². The van der Waals surface area contributed by atoms with Crippen molar-refractivity contribution in [2.24, 2.45) is 5.92 Å². The van der Waals surface area contributed by atoms with Gasteiger partial charge in [0.15, 0.2) is 17.5 Å². The van der Waals surface area contributed by atoms with Crippen LogP contribution in [0.2, 0.25) is 0 Å². The highest BCUT2D eigenvalue weighted by Gasteiger charge is 2.15. The van der Waals surface area contributed by atoms with E-state index in [2.05, 4.69) is 29.1 Å². The van der Waals surface area contributed by atoms with Crippen molar-refractivity contribution < 1.29 is 13.2 Å². The third-order valence-electron chi connectivity index (χ3n) is 4.00. The molecule has 0 spiro atoms. The Labute approximate surface area is 143 Å². The Bertz CT molecular complexity index is 910. The SMILES string of the molecule is CC(C)CCNc1ncnc2ccc(-c3ccc(F)c(F)c3F)cc12. The highest BCUT2D eigenvalue weighted by molar-refractivity contribution is 5.92. The van der Waals surface area contributed by atoms with Gasteiger partial charge < -0.3 is 5.32 Å². The summed E-state index contributed by atoms with van der Waals surface area (Å²) in [6.45, 7) is 5.00. The number of nitrogens with zero attached hydrogens (tertiary/aromatic N) is 2. The van der Waals surface area contributed by atoms with Crippen LogP contribution in [0.5, 0.6) is 0 Å². The maximum atomic E-state index is 14.1. The summed E-state index contributed by atoms with van der Waals surface area (Å²) >= 11 is 0. The van der Waals surface area contributed by atoms with Crippen LogP contribution < -0.4 is 5.32 Å². The minimum atomic E-state index is -1.47. The number of rotatable bonds is 5. The lowest BCUT2D eigenvalue weighted by atomic mass is 10.0. The molecule has 2 aromatic carbocycles. The van der Waals surface area contributed by atoms with Crippen molar-refractivity contribution in [2.75, 3.05) is 11.9 Å². The van der Waals surface area contributed by atoms with E-state index in [4.69, 9.17) is 0 Å². The van der Waals surface area contributed by atoms with Crippen molar-refractivity contribution in [3.8, 4) is 11.1 Å². The highest BCUT2D eigenvalue weighted by Crippen LogP contribution is 2.30. The first kappa shape index (κ1) is 17.2. The first-order valence-corrected chi connectivity index (χ1v) is 8.10. The molecule has 0 fully saturated rings. The third-order valence-corrected chi connectivity index (χ3v) is 4.00. The molecule has 0 bridgehead atoms. The summed E-state index contributed by atoms with van der Waals surface area (Å²) in [4.78, 5) is 8.44. The van der Waals surface area contributed by atoms with Crippen LogP contribution in [0.4, 0.5) is 19.0 Å². The van der Waals surface area contributed by atoms with Crippen LogP contribution in [0.3, 0.4) is 0 Å². The topological polar surface area (TPSA) is 37.8 Å². The van der Waals surface area contributed by atoms with Crippen LogP contribution in [-0.4, -0.2) is 16.5 Å². The van der Waals surface area contributed by atoms with Gasteiger partial charge in [-0.1, -0.05) is 19.9 Å². The fraction of sp³-hybridized carbons (Fsp3) is 0.263. The highest BCUT2D eigenvalue weighted by atomic mass is 19.2. The lowest BCUT2D eigenvalue weighted by Crippen LogP contribution is -2.07. The van der Waals surface area contributed by atoms with E-state index in [9.17, 15) is 13.2 Å². The average molecular weight is 345 g/mol. The second kappa shape index (κ2) is 7.09. The number of nitrogens with one attached hydrogen (secondary N) is 1. The molecular formula is C19H18F3N3. The van der Waals surface area contributed by atoms with E-state index in [-0.39, 0.29) is 5.56 Å². The number of halogens is 3. The number of aromatic nitrogens is 2. The molecule has 0 aliphatic rings. The summed E-state index contributed by atoms with van der Waals surface area (Å²) in [5.41, 5.74) is 1.12. The van der Waals surface area contributed by atoms with E-state index in [1.807, 2.05) is 0 Å². The third kappa shape index (κ3) is 3.57. The molecular weight excluding hydrogens is 327 g/mol. The lowest BCUT2D eigenvalue weighted by Gasteiger charge is -2.11. The molecule has 3 nitrogen and oxygen atoms in total. The van der Waals surface area contributed by atoms with E-state index >= 15 is 0 Å². The molecule has 3 aromatic rings. The van der Waals surface area contributed by atoms with Gasteiger partial charge in [0.2, 0.25) is 0 Å². The zero-order chi connectivity index (χ0) is 18.0. The van der Waals surface area contributed by atoms with Gasteiger partial charge in [0.1, 0.15) is 12.1 Å². The van der Waals surface area contributed by atoms with E-state index < -0.39 is 17.5 Å². The fourth-order valence-electron chi connectivity index (χ4n) is 2.59. The lowest BCUT2D eigenvalue weighted by molar-refractivity contribution is 0.449. The molecule has 25 heavy (non-hydrogen) atoms. The van der Waals surface area contributed by atoms with Gasteiger partial charge in [-0.05, 0) is 42.2 Å². The van der Waals surface area contributed by atoms with Gasteiger partial charge in [-0.15, -0.1) is 0 Å². The normalized spacial score (nSPS) is 11.3. The largest absolute Gasteiger partial charge is 0.369 e. The smallest absolute Gasteiger partial charge is 0.195 e. The zero-order valence-electron chi connectivity index (χ0n) is 14.0. The van der Waals surface area contributed by atoms with Crippen LogP contribution in [-0.2, 0) is 0 Å². The summed E-state index contributed by atoms with van der Waals surface area (Å²) in [5.74, 6) is -2.70. The molecule has 130 valence electrons. The molecule has 0 unspecified atom stereocenters. The van der Waals surface area contributed by atoms with Crippen LogP contribution in [0.1, 0.15) is 20.3 Å². The van der Waals surface area contributed by atoms with Gasteiger partial charge in [-0.3, -0.25) is 0 Å². The monoisotopic (exact) mass is 345 g/mol. The molecule has 0 saturated heterocycles. The Morgan fingerprint density at radius 3 is 2.56 bits per heavy atom. The average Bonchev–Trinajstić information content (AvgIpc) is 2.59. The van der Waals surface area contributed by atoms with E-state index in [1.54, 1.807) is 18.2 Å². The van der Waals surface area contributed by atoms with Gasteiger partial charge in [0.25, 0.3) is 0 Å². The number of benzene rings is 2. The Morgan fingerprint density at radius 2 is 1.80 bits per heavy atom. The molecule has 0 radical (unpaired) electrons. The second-order valence-corrected chi connectivity index (χ2v) is 6.29. The van der Waals surface area contributed by atoms with Crippen LogP contribution in [0, 0.1) is 23.4 Å². The van der Waals surface area contributed by atoms with Gasteiger partial charge in [0.05, 0.1) is 5.52 Å². The van der Waals surface area contributed by atoms with E-state index in [0.29, 0.717) is 28.2 Å². The predicted octanol–water partition coefficient (Wildman–Crippen LogP) is 5.17. The maximum Gasteiger partial charge on any atom is 0.195 e. The standard InChI is InChI=1S/C19H18F3N3/c1-11(2)7-8-23-19-14-9-12(3-6-16(14)24-10-25-19)13-4-5-15(20)18(22)17(13)21/h3-6,9-11H,7-8H2,1-2H3,(H,23,24,25). The molecule has 0 atom stereocenters. The van der Waals surface area contributed by atoms with Crippen molar-refractivity contribution in [2.45, 2.75) is 20.3 Å². The Kier molecular flexibility index (Phi) is 4.88. The zero-order valence-corrected chi connectivity index (χ0v) is 14.0. The molecule has 6 heteroatoms. The first-order valence-electron chi connectivity index (χ1n) is 8.10. The predicted molar refractivity (Wildman–Crippen MR) is 92.8 cm³/mol. The fourth-order valence-corrected chi connectivity index (χ4v) is 2.59. The van der Waals surface area contributed by atoms with Gasteiger partial charge in [-0.2, -0.15) is 0 Å². The van der Waals surface area contributed by atoms with Crippen LogP contribution in [0.15, 0.2) is 36.7 Å². The van der Waals surface area contributed by atoms with E-state index in [0.717, 1.165) is 19.0 Å². The Morgan fingerprint density at radius 1 is 1.00 bits per heavy atom. The molecule has 0 amide bonds.